The summed E-state index contributed by atoms with van der Waals surface area (Å²) >= 11 is 5.78. The minimum atomic E-state index is -0.544. The van der Waals surface area contributed by atoms with Gasteiger partial charge in [0.2, 0.25) is 0 Å². The zero-order valence-corrected chi connectivity index (χ0v) is 12.2. The minimum Gasteiger partial charge on any atom is -0.491 e. The first-order valence-electron chi connectivity index (χ1n) is 7.08. The van der Waals surface area contributed by atoms with Gasteiger partial charge < -0.3 is 20.3 Å². The summed E-state index contributed by atoms with van der Waals surface area (Å²) in [5.74, 6) is 1.22. The molecule has 20 heavy (non-hydrogen) atoms. The molecule has 0 saturated heterocycles. The third kappa shape index (κ3) is 5.29. The van der Waals surface area contributed by atoms with Crippen molar-refractivity contribution >= 4 is 11.6 Å². The van der Waals surface area contributed by atoms with Crippen LogP contribution in [0.25, 0.3) is 0 Å². The van der Waals surface area contributed by atoms with Gasteiger partial charge in [-0.05, 0) is 56.0 Å². The van der Waals surface area contributed by atoms with Crippen LogP contribution in [0.2, 0.25) is 5.02 Å². The van der Waals surface area contributed by atoms with E-state index in [1.807, 2.05) is 0 Å². The Balaban J connectivity index is 1.58. The highest BCUT2D eigenvalue weighted by Crippen LogP contribution is 2.24. The average Bonchev–Trinajstić information content (AvgIpc) is 2.84. The maximum Gasteiger partial charge on any atom is 0.119 e. The molecular weight excluding hydrogens is 278 g/mol. The molecule has 2 rings (SSSR count). The Kier molecular flexibility index (Phi) is 6.10. The zero-order chi connectivity index (χ0) is 14.4. The van der Waals surface area contributed by atoms with Crippen molar-refractivity contribution in [3.8, 4) is 5.75 Å². The van der Waals surface area contributed by atoms with E-state index in [2.05, 4.69) is 5.32 Å². The summed E-state index contributed by atoms with van der Waals surface area (Å²) in [4.78, 5) is 0. The van der Waals surface area contributed by atoms with Crippen LogP contribution >= 0.6 is 11.6 Å². The molecule has 3 unspecified atom stereocenters. The maximum absolute atomic E-state index is 9.83. The number of aliphatic hydroxyl groups excluding tert-OH is 2. The number of hydrogen-bond acceptors (Lipinski definition) is 4. The Labute approximate surface area is 124 Å². The van der Waals surface area contributed by atoms with Gasteiger partial charge in [-0.1, -0.05) is 11.6 Å². The van der Waals surface area contributed by atoms with Crippen molar-refractivity contribution in [2.45, 2.75) is 31.5 Å². The second-order valence-electron chi connectivity index (χ2n) is 5.41. The molecule has 0 amide bonds. The van der Waals surface area contributed by atoms with Gasteiger partial charge in [0, 0.05) is 11.6 Å². The summed E-state index contributed by atoms with van der Waals surface area (Å²) in [5.41, 5.74) is 0. The van der Waals surface area contributed by atoms with E-state index < -0.39 is 6.10 Å². The average molecular weight is 300 g/mol. The van der Waals surface area contributed by atoms with Crippen LogP contribution in [0, 0.1) is 5.92 Å². The predicted molar refractivity (Wildman–Crippen MR) is 79.2 cm³/mol. The van der Waals surface area contributed by atoms with Gasteiger partial charge >= 0.3 is 0 Å². The van der Waals surface area contributed by atoms with Gasteiger partial charge in [-0.3, -0.25) is 0 Å². The molecule has 1 fully saturated rings. The normalized spacial score (nSPS) is 23.8. The molecule has 0 bridgehead atoms. The van der Waals surface area contributed by atoms with Crippen LogP contribution in [-0.4, -0.2) is 42.1 Å². The lowest BCUT2D eigenvalue weighted by molar-refractivity contribution is 0.105. The van der Waals surface area contributed by atoms with Crippen LogP contribution in [0.3, 0.4) is 0 Å². The van der Waals surface area contributed by atoms with Crippen molar-refractivity contribution in [3.63, 3.8) is 0 Å². The van der Waals surface area contributed by atoms with Crippen molar-refractivity contribution in [1.82, 2.24) is 5.32 Å². The molecule has 0 heterocycles. The highest BCUT2D eigenvalue weighted by atomic mass is 35.5. The van der Waals surface area contributed by atoms with E-state index in [-0.39, 0.29) is 12.7 Å². The first-order chi connectivity index (χ1) is 9.63. The topological polar surface area (TPSA) is 61.7 Å². The van der Waals surface area contributed by atoms with E-state index in [0.29, 0.717) is 23.2 Å². The highest BCUT2D eigenvalue weighted by Gasteiger charge is 2.22. The van der Waals surface area contributed by atoms with E-state index in [9.17, 15) is 10.2 Å². The van der Waals surface area contributed by atoms with Crippen molar-refractivity contribution < 1.29 is 14.9 Å². The number of aliphatic hydroxyl groups is 2. The quantitative estimate of drug-likeness (QED) is 0.719. The van der Waals surface area contributed by atoms with Crippen LogP contribution in [-0.2, 0) is 0 Å². The van der Waals surface area contributed by atoms with Crippen molar-refractivity contribution in [2.75, 3.05) is 19.7 Å². The fourth-order valence-electron chi connectivity index (χ4n) is 2.47. The van der Waals surface area contributed by atoms with Gasteiger partial charge in [0.05, 0.1) is 6.10 Å². The number of ether oxygens (including phenoxy) is 1. The Bertz CT molecular complexity index is 399. The first kappa shape index (κ1) is 15.6. The Hall–Kier alpha value is -0.810. The van der Waals surface area contributed by atoms with Crippen LogP contribution in [0.15, 0.2) is 24.3 Å². The van der Waals surface area contributed by atoms with Gasteiger partial charge in [0.1, 0.15) is 18.5 Å². The third-order valence-corrected chi connectivity index (χ3v) is 3.83. The molecule has 4 nitrogen and oxygen atoms in total. The monoisotopic (exact) mass is 299 g/mol. The van der Waals surface area contributed by atoms with Gasteiger partial charge in [0.15, 0.2) is 0 Å². The molecule has 1 aliphatic rings. The molecular formula is C15H22ClNO3. The lowest BCUT2D eigenvalue weighted by Crippen LogP contribution is -2.34. The number of rotatable bonds is 7. The van der Waals surface area contributed by atoms with E-state index in [0.717, 1.165) is 25.8 Å². The van der Waals surface area contributed by atoms with E-state index in [4.69, 9.17) is 16.3 Å². The van der Waals surface area contributed by atoms with E-state index in [1.165, 1.54) is 0 Å². The van der Waals surface area contributed by atoms with Crippen LogP contribution < -0.4 is 10.1 Å². The third-order valence-electron chi connectivity index (χ3n) is 3.58. The first-order valence-corrected chi connectivity index (χ1v) is 7.46. The molecule has 0 aromatic heterocycles. The molecule has 1 aliphatic carbocycles. The Morgan fingerprint density at radius 2 is 2.05 bits per heavy atom. The lowest BCUT2D eigenvalue weighted by atomic mass is 10.1. The molecule has 5 heteroatoms. The molecule has 3 N–H and O–H groups in total. The van der Waals surface area contributed by atoms with Gasteiger partial charge in [-0.2, -0.15) is 0 Å². The molecule has 0 spiro atoms. The summed E-state index contributed by atoms with van der Waals surface area (Å²) in [7, 11) is 0. The number of nitrogens with one attached hydrogen (secondary N) is 1. The van der Waals surface area contributed by atoms with Crippen molar-refractivity contribution in [3.05, 3.63) is 29.3 Å². The summed E-state index contributed by atoms with van der Waals surface area (Å²) in [6.45, 7) is 1.59. The van der Waals surface area contributed by atoms with Gasteiger partial charge in [-0.25, -0.2) is 0 Å². The number of hydrogen-bond donors (Lipinski definition) is 3. The summed E-state index contributed by atoms with van der Waals surface area (Å²) in [6, 6.07) is 7.07. The zero-order valence-electron chi connectivity index (χ0n) is 11.5. The summed E-state index contributed by atoms with van der Waals surface area (Å²) < 4.78 is 5.47. The standard InChI is InChI=1S/C15H22ClNO3/c16-12-2-5-15(6-3-12)20-10-14(19)9-17-8-11-1-4-13(18)7-11/h2-3,5-6,11,13-14,17-19H,1,4,7-10H2. The molecule has 112 valence electrons. The highest BCUT2D eigenvalue weighted by molar-refractivity contribution is 6.30. The fraction of sp³-hybridized carbons (Fsp3) is 0.600. The second-order valence-corrected chi connectivity index (χ2v) is 5.85. The predicted octanol–water partition coefficient (Wildman–Crippen LogP) is 1.83. The molecule has 1 aromatic carbocycles. The Morgan fingerprint density at radius 3 is 2.70 bits per heavy atom. The van der Waals surface area contributed by atoms with E-state index in [1.54, 1.807) is 24.3 Å². The van der Waals surface area contributed by atoms with Crippen LogP contribution in [0.4, 0.5) is 0 Å². The number of halogens is 1. The molecule has 0 aliphatic heterocycles. The van der Waals surface area contributed by atoms with E-state index >= 15 is 0 Å². The SMILES string of the molecule is OC(CNCC1CCC(O)C1)COc1ccc(Cl)cc1. The van der Waals surface area contributed by atoms with Crippen LogP contribution in [0.5, 0.6) is 5.75 Å². The summed E-state index contributed by atoms with van der Waals surface area (Å²) in [6.07, 6.45) is 2.14. The molecule has 3 atom stereocenters. The minimum absolute atomic E-state index is 0.139. The van der Waals surface area contributed by atoms with Crippen molar-refractivity contribution in [1.29, 1.82) is 0 Å². The fourth-order valence-corrected chi connectivity index (χ4v) is 2.60. The van der Waals surface area contributed by atoms with Gasteiger partial charge in [0.25, 0.3) is 0 Å². The van der Waals surface area contributed by atoms with Crippen LogP contribution in [0.1, 0.15) is 19.3 Å². The lowest BCUT2D eigenvalue weighted by Gasteiger charge is -2.15. The molecule has 0 radical (unpaired) electrons. The van der Waals surface area contributed by atoms with Gasteiger partial charge in [-0.15, -0.1) is 0 Å². The second kappa shape index (κ2) is 7.84. The molecule has 1 saturated carbocycles. The smallest absolute Gasteiger partial charge is 0.119 e. The Morgan fingerprint density at radius 1 is 1.30 bits per heavy atom. The van der Waals surface area contributed by atoms with Crippen molar-refractivity contribution in [2.24, 2.45) is 5.92 Å². The maximum atomic E-state index is 9.83. The molecule has 1 aromatic rings. The largest absolute Gasteiger partial charge is 0.491 e. The number of benzene rings is 1. The summed E-state index contributed by atoms with van der Waals surface area (Å²) in [5, 5.41) is 23.2.